The molecule has 5 nitrogen and oxygen atoms in total. The third-order valence-electron chi connectivity index (χ3n) is 3.02. The van der Waals surface area contributed by atoms with E-state index in [0.717, 1.165) is 11.6 Å². The summed E-state index contributed by atoms with van der Waals surface area (Å²) in [5.41, 5.74) is 0.967. The number of halogens is 2. The Kier molecular flexibility index (Phi) is 5.54. The number of para-hydroxylation sites is 1. The highest BCUT2D eigenvalue weighted by molar-refractivity contribution is 6.39. The van der Waals surface area contributed by atoms with Gasteiger partial charge in [-0.25, -0.2) is 4.39 Å². The van der Waals surface area contributed by atoms with E-state index in [0.29, 0.717) is 5.75 Å². The van der Waals surface area contributed by atoms with Crippen molar-refractivity contribution >= 4 is 29.1 Å². The Bertz CT molecular complexity index is 737. The molecular formula is C16H14ClFN2O3. The van der Waals surface area contributed by atoms with Crippen LogP contribution in [0.25, 0.3) is 0 Å². The molecule has 0 aliphatic carbocycles. The van der Waals surface area contributed by atoms with Crippen molar-refractivity contribution in [2.75, 3.05) is 12.4 Å². The van der Waals surface area contributed by atoms with Crippen molar-refractivity contribution in [2.24, 2.45) is 0 Å². The van der Waals surface area contributed by atoms with Gasteiger partial charge in [-0.1, -0.05) is 29.8 Å². The average molecular weight is 337 g/mol. The first-order valence-electron chi connectivity index (χ1n) is 6.67. The molecule has 0 heterocycles. The molecule has 2 aromatic rings. The van der Waals surface area contributed by atoms with Crippen LogP contribution in [-0.2, 0) is 16.1 Å². The van der Waals surface area contributed by atoms with Gasteiger partial charge in [-0.05, 0) is 24.3 Å². The van der Waals surface area contributed by atoms with Gasteiger partial charge in [0, 0.05) is 17.8 Å². The Morgan fingerprint density at radius 1 is 1.17 bits per heavy atom. The number of methoxy groups -OCH3 is 1. The molecule has 0 atom stereocenters. The molecule has 23 heavy (non-hydrogen) atoms. The summed E-state index contributed by atoms with van der Waals surface area (Å²) in [5, 5.41) is 4.68. The largest absolute Gasteiger partial charge is 0.496 e. The van der Waals surface area contributed by atoms with Crippen molar-refractivity contribution < 1.29 is 18.7 Å². The highest BCUT2D eigenvalue weighted by Crippen LogP contribution is 2.19. The van der Waals surface area contributed by atoms with E-state index < -0.39 is 17.6 Å². The van der Waals surface area contributed by atoms with Gasteiger partial charge in [0.1, 0.15) is 11.6 Å². The number of benzene rings is 2. The Hall–Kier alpha value is -2.60. The zero-order valence-corrected chi connectivity index (χ0v) is 13.0. The number of hydrogen-bond acceptors (Lipinski definition) is 3. The summed E-state index contributed by atoms with van der Waals surface area (Å²) in [6.07, 6.45) is 0. The molecule has 0 fully saturated rings. The van der Waals surface area contributed by atoms with Crippen molar-refractivity contribution in [3.05, 3.63) is 58.9 Å². The molecule has 0 aromatic heterocycles. The Balaban J connectivity index is 1.95. The molecule has 2 aromatic carbocycles. The van der Waals surface area contributed by atoms with Crippen LogP contribution in [0.4, 0.5) is 10.1 Å². The van der Waals surface area contributed by atoms with Crippen LogP contribution in [0.5, 0.6) is 5.75 Å². The van der Waals surface area contributed by atoms with Crippen LogP contribution in [0, 0.1) is 5.82 Å². The van der Waals surface area contributed by atoms with E-state index in [-0.39, 0.29) is 17.3 Å². The minimum absolute atomic E-state index is 0.139. The van der Waals surface area contributed by atoms with Crippen LogP contribution in [-0.4, -0.2) is 18.9 Å². The number of anilines is 1. The second-order valence-corrected chi connectivity index (χ2v) is 4.98. The molecule has 2 amide bonds. The van der Waals surface area contributed by atoms with Crippen molar-refractivity contribution in [1.82, 2.24) is 5.32 Å². The molecule has 2 N–H and O–H groups in total. The first-order valence-corrected chi connectivity index (χ1v) is 7.05. The Morgan fingerprint density at radius 2 is 1.91 bits per heavy atom. The number of nitrogens with one attached hydrogen (secondary N) is 2. The summed E-state index contributed by atoms with van der Waals surface area (Å²) in [4.78, 5) is 23.6. The minimum Gasteiger partial charge on any atom is -0.496 e. The van der Waals surface area contributed by atoms with Gasteiger partial charge in [-0.15, -0.1) is 0 Å². The van der Waals surface area contributed by atoms with E-state index in [2.05, 4.69) is 10.6 Å². The zero-order chi connectivity index (χ0) is 16.8. The van der Waals surface area contributed by atoms with E-state index in [1.165, 1.54) is 19.2 Å². The van der Waals surface area contributed by atoms with Crippen molar-refractivity contribution in [2.45, 2.75) is 6.54 Å². The number of ether oxygens (including phenoxy) is 1. The van der Waals surface area contributed by atoms with Gasteiger partial charge in [0.25, 0.3) is 0 Å². The predicted octanol–water partition coefficient (Wildman–Crippen LogP) is 2.74. The second kappa shape index (κ2) is 7.60. The summed E-state index contributed by atoms with van der Waals surface area (Å²) in [6, 6.07) is 10.8. The lowest BCUT2D eigenvalue weighted by Crippen LogP contribution is -2.35. The Morgan fingerprint density at radius 3 is 2.61 bits per heavy atom. The summed E-state index contributed by atoms with van der Waals surface area (Å²) < 4.78 is 18.2. The topological polar surface area (TPSA) is 67.4 Å². The zero-order valence-electron chi connectivity index (χ0n) is 12.2. The lowest BCUT2D eigenvalue weighted by molar-refractivity contribution is -0.136. The number of amides is 2. The molecule has 0 bridgehead atoms. The molecular weight excluding hydrogens is 323 g/mol. The first-order chi connectivity index (χ1) is 11.0. The van der Waals surface area contributed by atoms with Crippen LogP contribution >= 0.6 is 11.6 Å². The van der Waals surface area contributed by atoms with Gasteiger partial charge in [0.05, 0.1) is 12.1 Å². The fourth-order valence-corrected chi connectivity index (χ4v) is 2.05. The molecule has 0 aliphatic rings. The van der Waals surface area contributed by atoms with E-state index in [4.69, 9.17) is 16.3 Å². The SMILES string of the molecule is COc1ccccc1CNC(=O)C(=O)Nc1ccc(F)c(Cl)c1. The Labute approximate surface area is 137 Å². The van der Waals surface area contributed by atoms with E-state index in [9.17, 15) is 14.0 Å². The molecule has 7 heteroatoms. The number of carbonyl (C=O) groups excluding carboxylic acids is 2. The standard InChI is InChI=1S/C16H14ClFN2O3/c1-23-14-5-3-2-4-10(14)9-19-15(21)16(22)20-11-6-7-13(18)12(17)8-11/h2-8H,9H2,1H3,(H,19,21)(H,20,22). The highest BCUT2D eigenvalue weighted by Gasteiger charge is 2.15. The van der Waals surface area contributed by atoms with Gasteiger partial charge >= 0.3 is 11.8 Å². The maximum Gasteiger partial charge on any atom is 0.313 e. The van der Waals surface area contributed by atoms with Crippen molar-refractivity contribution in [3.63, 3.8) is 0 Å². The van der Waals surface area contributed by atoms with E-state index in [1.54, 1.807) is 24.3 Å². The molecule has 2 rings (SSSR count). The smallest absolute Gasteiger partial charge is 0.313 e. The van der Waals surface area contributed by atoms with Crippen LogP contribution in [0.2, 0.25) is 5.02 Å². The monoisotopic (exact) mass is 336 g/mol. The molecule has 120 valence electrons. The maximum atomic E-state index is 13.0. The quantitative estimate of drug-likeness (QED) is 0.844. The van der Waals surface area contributed by atoms with Crippen molar-refractivity contribution in [1.29, 1.82) is 0 Å². The molecule has 0 unspecified atom stereocenters. The lowest BCUT2D eigenvalue weighted by Gasteiger charge is -2.10. The normalized spacial score (nSPS) is 10.0. The lowest BCUT2D eigenvalue weighted by atomic mass is 10.2. The van der Waals surface area contributed by atoms with Crippen LogP contribution in [0.3, 0.4) is 0 Å². The van der Waals surface area contributed by atoms with Crippen LogP contribution in [0.1, 0.15) is 5.56 Å². The number of carbonyl (C=O) groups is 2. The van der Waals surface area contributed by atoms with Crippen LogP contribution < -0.4 is 15.4 Å². The summed E-state index contributed by atoms with van der Waals surface area (Å²) in [6.45, 7) is 0.139. The molecule has 0 radical (unpaired) electrons. The van der Waals surface area contributed by atoms with Gasteiger partial charge < -0.3 is 15.4 Å². The maximum absolute atomic E-state index is 13.0. The van der Waals surface area contributed by atoms with Gasteiger partial charge in [0.15, 0.2) is 0 Å². The van der Waals surface area contributed by atoms with Crippen LogP contribution in [0.15, 0.2) is 42.5 Å². The summed E-state index contributed by atoms with van der Waals surface area (Å²) in [7, 11) is 1.52. The van der Waals surface area contributed by atoms with Gasteiger partial charge in [-0.2, -0.15) is 0 Å². The minimum atomic E-state index is -0.873. The van der Waals surface area contributed by atoms with E-state index >= 15 is 0 Å². The highest BCUT2D eigenvalue weighted by atomic mass is 35.5. The molecule has 0 saturated carbocycles. The average Bonchev–Trinajstić information content (AvgIpc) is 2.56. The summed E-state index contributed by atoms with van der Waals surface area (Å²) >= 11 is 5.61. The first kappa shape index (κ1) is 16.8. The van der Waals surface area contributed by atoms with E-state index in [1.807, 2.05) is 0 Å². The van der Waals surface area contributed by atoms with Crippen molar-refractivity contribution in [3.8, 4) is 5.75 Å². The molecule has 0 aliphatic heterocycles. The predicted molar refractivity (Wildman–Crippen MR) is 84.9 cm³/mol. The second-order valence-electron chi connectivity index (χ2n) is 4.58. The number of rotatable bonds is 4. The third-order valence-corrected chi connectivity index (χ3v) is 3.31. The van der Waals surface area contributed by atoms with Gasteiger partial charge in [-0.3, -0.25) is 9.59 Å². The fourth-order valence-electron chi connectivity index (χ4n) is 1.87. The van der Waals surface area contributed by atoms with Gasteiger partial charge in [0.2, 0.25) is 0 Å². The number of hydrogen-bond donors (Lipinski definition) is 2. The fraction of sp³-hybridized carbons (Fsp3) is 0.125. The summed E-state index contributed by atoms with van der Waals surface area (Å²) in [5.74, 6) is -1.69. The third kappa shape index (κ3) is 4.43. The molecule has 0 saturated heterocycles. The molecule has 0 spiro atoms.